The molecule has 2 bridgehead atoms. The number of hydrogen-bond donors (Lipinski definition) is 0. The van der Waals surface area contributed by atoms with Gasteiger partial charge >= 0.3 is 0 Å². The first-order chi connectivity index (χ1) is 7.31. The summed E-state index contributed by atoms with van der Waals surface area (Å²) in [7, 11) is 0. The Morgan fingerprint density at radius 1 is 1.53 bits per heavy atom. The van der Waals surface area contributed by atoms with Gasteiger partial charge in [-0.05, 0) is 31.1 Å². The van der Waals surface area contributed by atoms with Gasteiger partial charge in [-0.15, -0.1) is 6.58 Å². The van der Waals surface area contributed by atoms with E-state index >= 15 is 0 Å². The summed E-state index contributed by atoms with van der Waals surface area (Å²) in [5.41, 5.74) is 1.76. The lowest BCUT2D eigenvalue weighted by atomic mass is 9.35. The molecule has 1 saturated heterocycles. The molecule has 1 aliphatic carbocycles. The van der Waals surface area contributed by atoms with Gasteiger partial charge < -0.3 is 0 Å². The first kappa shape index (κ1) is 11.0. The molecular weight excluding hydrogens is 179 g/mol. The monoisotopic (exact) mass is 202 g/mol. The van der Waals surface area contributed by atoms with E-state index in [2.05, 4.69) is 25.7 Å². The molecule has 0 aromatic heterocycles. The van der Waals surface area contributed by atoms with E-state index in [1.54, 1.807) is 5.57 Å². The maximum Gasteiger partial charge on any atom is 0.144 e. The minimum absolute atomic E-state index is 0.906. The lowest BCUT2D eigenvalue weighted by molar-refractivity contribution is 0.402. The third-order valence-corrected chi connectivity index (χ3v) is 4.03. The Morgan fingerprint density at radius 2 is 2.40 bits per heavy atom. The Balaban J connectivity index is 1.97. The van der Waals surface area contributed by atoms with Crippen molar-refractivity contribution < 1.29 is 0 Å². The summed E-state index contributed by atoms with van der Waals surface area (Å²) < 4.78 is 0. The van der Waals surface area contributed by atoms with Gasteiger partial charge in [-0.2, -0.15) is 0 Å². The second-order valence-corrected chi connectivity index (χ2v) is 5.50. The Morgan fingerprint density at radius 3 is 3.07 bits per heavy atom. The van der Waals surface area contributed by atoms with E-state index in [9.17, 15) is 0 Å². The smallest absolute Gasteiger partial charge is 0.104 e. The zero-order chi connectivity index (χ0) is 10.7. The minimum atomic E-state index is 0.906. The average Bonchev–Trinajstić information content (AvgIpc) is 2.17. The molecule has 82 valence electrons. The van der Waals surface area contributed by atoms with E-state index in [1.807, 2.05) is 0 Å². The van der Waals surface area contributed by atoms with Crippen molar-refractivity contribution >= 4 is 6.71 Å². The molecule has 1 heteroatoms. The summed E-state index contributed by atoms with van der Waals surface area (Å²) in [6, 6.07) is 0. The van der Waals surface area contributed by atoms with Crippen LogP contribution in [0.15, 0.2) is 24.3 Å². The molecule has 1 aliphatic heterocycles. The highest BCUT2D eigenvalue weighted by atomic mass is 14.3. The normalized spacial score (nSPS) is 29.9. The predicted molar refractivity (Wildman–Crippen MR) is 69.6 cm³/mol. The number of rotatable bonds is 4. The molecule has 0 saturated carbocycles. The molecular formula is C14H23B. The third-order valence-electron chi connectivity index (χ3n) is 4.03. The lowest BCUT2D eigenvalue weighted by Crippen LogP contribution is -2.30. The van der Waals surface area contributed by atoms with Crippen molar-refractivity contribution in [1.29, 1.82) is 0 Å². The van der Waals surface area contributed by atoms with Crippen molar-refractivity contribution in [2.45, 2.75) is 51.6 Å². The van der Waals surface area contributed by atoms with Crippen LogP contribution in [0.1, 0.15) is 32.6 Å². The van der Waals surface area contributed by atoms with Crippen LogP contribution in [0.3, 0.4) is 0 Å². The molecule has 0 amide bonds. The van der Waals surface area contributed by atoms with Crippen LogP contribution in [0.25, 0.3) is 0 Å². The van der Waals surface area contributed by atoms with Gasteiger partial charge in [0.25, 0.3) is 0 Å². The SMILES string of the molecule is C=CCB1CC2C=C(CCC)CC(C1)C2. The fourth-order valence-corrected chi connectivity index (χ4v) is 3.63. The highest BCUT2D eigenvalue weighted by Crippen LogP contribution is 2.41. The van der Waals surface area contributed by atoms with Crippen LogP contribution in [-0.2, 0) is 0 Å². The molecule has 1 fully saturated rings. The van der Waals surface area contributed by atoms with Crippen LogP contribution in [0.2, 0.25) is 19.0 Å². The van der Waals surface area contributed by atoms with Gasteiger partial charge in [0.15, 0.2) is 0 Å². The van der Waals surface area contributed by atoms with E-state index in [0.717, 1.165) is 18.5 Å². The van der Waals surface area contributed by atoms with Crippen LogP contribution in [-0.4, -0.2) is 6.71 Å². The average molecular weight is 202 g/mol. The van der Waals surface area contributed by atoms with Crippen molar-refractivity contribution in [3.05, 3.63) is 24.3 Å². The van der Waals surface area contributed by atoms with Crippen molar-refractivity contribution in [2.75, 3.05) is 0 Å². The van der Waals surface area contributed by atoms with E-state index in [0.29, 0.717) is 0 Å². The highest BCUT2D eigenvalue weighted by molar-refractivity contribution is 6.59. The second-order valence-electron chi connectivity index (χ2n) is 5.50. The molecule has 0 aromatic carbocycles. The number of fused-ring (bicyclic) bond motifs is 2. The van der Waals surface area contributed by atoms with Gasteiger partial charge in [0, 0.05) is 0 Å². The quantitative estimate of drug-likeness (QED) is 0.467. The van der Waals surface area contributed by atoms with Crippen LogP contribution >= 0.6 is 0 Å². The van der Waals surface area contributed by atoms with E-state index in [4.69, 9.17) is 0 Å². The maximum atomic E-state index is 3.88. The second kappa shape index (κ2) is 5.05. The zero-order valence-corrected chi connectivity index (χ0v) is 10.0. The van der Waals surface area contributed by atoms with E-state index in [1.165, 1.54) is 44.6 Å². The Hall–Kier alpha value is -0.455. The molecule has 15 heavy (non-hydrogen) atoms. The fourth-order valence-electron chi connectivity index (χ4n) is 3.63. The van der Waals surface area contributed by atoms with Gasteiger partial charge in [-0.25, -0.2) is 0 Å². The van der Waals surface area contributed by atoms with Gasteiger partial charge in [0.1, 0.15) is 6.71 Å². The Labute approximate surface area is 94.9 Å². The predicted octanol–water partition coefficient (Wildman–Crippen LogP) is 4.43. The van der Waals surface area contributed by atoms with E-state index < -0.39 is 0 Å². The molecule has 0 N–H and O–H groups in total. The minimum Gasteiger partial charge on any atom is -0.104 e. The van der Waals surface area contributed by atoms with Crippen LogP contribution < -0.4 is 0 Å². The first-order valence-electron chi connectivity index (χ1n) is 6.62. The lowest BCUT2D eigenvalue weighted by Gasteiger charge is -2.36. The topological polar surface area (TPSA) is 0 Å². The van der Waals surface area contributed by atoms with Gasteiger partial charge in [-0.1, -0.05) is 50.0 Å². The molecule has 0 spiro atoms. The number of hydrogen-bond acceptors (Lipinski definition) is 0. The number of allylic oxidation sites excluding steroid dienone is 3. The fraction of sp³-hybridized carbons (Fsp3) is 0.714. The van der Waals surface area contributed by atoms with Crippen LogP contribution in [0, 0.1) is 11.8 Å². The molecule has 0 nitrogen and oxygen atoms in total. The summed E-state index contributed by atoms with van der Waals surface area (Å²) in [6.45, 7) is 7.11. The van der Waals surface area contributed by atoms with Crippen molar-refractivity contribution in [1.82, 2.24) is 0 Å². The standard InChI is InChI=1S/C14H23B/c1-3-5-12-7-13-9-14(8-12)11-15(10-13)6-4-2/h4,7,13-14H,2-3,5-6,8-11H2,1H3. The van der Waals surface area contributed by atoms with Crippen molar-refractivity contribution in [3.8, 4) is 0 Å². The van der Waals surface area contributed by atoms with Gasteiger partial charge in [0.2, 0.25) is 0 Å². The Bertz CT molecular complexity index is 254. The first-order valence-corrected chi connectivity index (χ1v) is 6.62. The van der Waals surface area contributed by atoms with Crippen LogP contribution in [0.5, 0.6) is 0 Å². The summed E-state index contributed by atoms with van der Waals surface area (Å²) in [5.74, 6) is 1.91. The summed E-state index contributed by atoms with van der Waals surface area (Å²) in [5, 5.41) is 0. The molecule has 0 radical (unpaired) electrons. The van der Waals surface area contributed by atoms with Gasteiger partial charge in [0.05, 0.1) is 0 Å². The molecule has 2 rings (SSSR count). The van der Waals surface area contributed by atoms with Crippen molar-refractivity contribution in [3.63, 3.8) is 0 Å². The molecule has 2 atom stereocenters. The Kier molecular flexibility index (Phi) is 3.72. The maximum absolute atomic E-state index is 3.88. The summed E-state index contributed by atoms with van der Waals surface area (Å²) in [4.78, 5) is 0. The zero-order valence-electron chi connectivity index (χ0n) is 10.0. The van der Waals surface area contributed by atoms with E-state index in [-0.39, 0.29) is 0 Å². The van der Waals surface area contributed by atoms with Crippen molar-refractivity contribution in [2.24, 2.45) is 11.8 Å². The highest BCUT2D eigenvalue weighted by Gasteiger charge is 2.32. The van der Waals surface area contributed by atoms with Crippen LogP contribution in [0.4, 0.5) is 0 Å². The third kappa shape index (κ3) is 2.77. The summed E-state index contributed by atoms with van der Waals surface area (Å²) >= 11 is 0. The molecule has 0 aromatic rings. The molecule has 2 unspecified atom stereocenters. The molecule has 1 heterocycles. The molecule has 2 aliphatic rings. The largest absolute Gasteiger partial charge is 0.144 e. The van der Waals surface area contributed by atoms with Gasteiger partial charge in [-0.3, -0.25) is 0 Å². The summed E-state index contributed by atoms with van der Waals surface area (Å²) in [6.07, 6.45) is 14.4.